The molecule has 3 N–H and O–H groups in total. The average Bonchev–Trinajstić information content (AvgIpc) is 3.98. The molecule has 5 aromatic rings. The maximum Gasteiger partial charge on any atom is 0.290 e. The van der Waals surface area contributed by atoms with E-state index in [1.807, 2.05) is 51.2 Å². The molecule has 16 heteroatoms. The van der Waals surface area contributed by atoms with Crippen LogP contribution in [0.1, 0.15) is 51.2 Å². The lowest BCUT2D eigenvalue weighted by Gasteiger charge is -2.40. The number of benzene rings is 2. The first kappa shape index (κ1) is 42.3. The van der Waals surface area contributed by atoms with E-state index in [0.29, 0.717) is 52.3 Å². The summed E-state index contributed by atoms with van der Waals surface area (Å²) in [6.45, 7) is 15.1. The van der Waals surface area contributed by atoms with Gasteiger partial charge in [0.2, 0.25) is 18.5 Å². The minimum Gasteiger partial charge on any atom is -0.372 e. The molecule has 6 heterocycles. The molecule has 2 saturated heterocycles. The van der Waals surface area contributed by atoms with E-state index in [9.17, 15) is 14.4 Å². The van der Waals surface area contributed by atoms with Gasteiger partial charge in [0.15, 0.2) is 0 Å². The van der Waals surface area contributed by atoms with Crippen molar-refractivity contribution in [2.45, 2.75) is 59.7 Å². The van der Waals surface area contributed by atoms with Crippen molar-refractivity contribution < 1.29 is 23.6 Å². The largest absolute Gasteiger partial charge is 0.372 e. The number of carbonyl (C=O) groups is 3. The quantitative estimate of drug-likeness (QED) is 0.119. The third-order valence-electron chi connectivity index (χ3n) is 12.2. The number of halogens is 1. The van der Waals surface area contributed by atoms with Crippen molar-refractivity contribution in [1.82, 2.24) is 35.5 Å². The van der Waals surface area contributed by atoms with E-state index in [2.05, 4.69) is 63.6 Å². The van der Waals surface area contributed by atoms with Gasteiger partial charge in [-0.2, -0.15) is 0 Å². The molecule has 3 aliphatic rings. The first-order valence-electron chi connectivity index (χ1n) is 21.3. The molecule has 0 saturated carbocycles. The number of nitrogens with one attached hydrogen (secondary N) is 3. The highest BCUT2D eigenvalue weighted by Crippen LogP contribution is 2.33. The van der Waals surface area contributed by atoms with Crippen molar-refractivity contribution in [1.29, 1.82) is 0 Å². The van der Waals surface area contributed by atoms with Gasteiger partial charge in [-0.3, -0.25) is 19.5 Å². The molecule has 2 amide bonds. The number of anilines is 3. The Hall–Kier alpha value is -6.42. The van der Waals surface area contributed by atoms with Crippen LogP contribution in [0, 0.1) is 24.1 Å². The zero-order valence-electron chi connectivity index (χ0n) is 35.7. The van der Waals surface area contributed by atoms with Gasteiger partial charge in [-0.25, -0.2) is 14.4 Å². The summed E-state index contributed by atoms with van der Waals surface area (Å²) in [5, 5.41) is 10.4. The highest BCUT2D eigenvalue weighted by atomic mass is 19.1. The number of hydrogen-bond acceptors (Lipinski definition) is 12. The fraction of sp³-hybridized carbons (Fsp3) is 0.413. The number of aromatic nitrogens is 4. The highest BCUT2D eigenvalue weighted by Gasteiger charge is 2.34. The molecule has 3 aromatic heterocycles. The third-order valence-corrected chi connectivity index (χ3v) is 12.2. The Kier molecular flexibility index (Phi) is 12.5. The van der Waals surface area contributed by atoms with E-state index in [0.717, 1.165) is 99.8 Å². The van der Waals surface area contributed by atoms with Crippen LogP contribution in [0.25, 0.3) is 33.7 Å². The normalized spacial score (nSPS) is 17.4. The summed E-state index contributed by atoms with van der Waals surface area (Å²) < 4.78 is 16.0. The third kappa shape index (κ3) is 9.25. The Morgan fingerprint density at radius 2 is 1.69 bits per heavy atom. The zero-order valence-corrected chi connectivity index (χ0v) is 35.7. The molecule has 1 atom stereocenters. The molecule has 2 fully saturated rings. The lowest BCUT2D eigenvalue weighted by Crippen LogP contribution is -2.49. The Balaban J connectivity index is 0.832. The number of aldehydes is 1. The van der Waals surface area contributed by atoms with E-state index in [1.54, 1.807) is 24.0 Å². The van der Waals surface area contributed by atoms with Crippen LogP contribution in [0.2, 0.25) is 0 Å². The van der Waals surface area contributed by atoms with Gasteiger partial charge < -0.3 is 39.9 Å². The molecule has 0 spiro atoms. The van der Waals surface area contributed by atoms with Gasteiger partial charge in [0.1, 0.15) is 24.1 Å². The second-order valence-electron chi connectivity index (χ2n) is 17.4. The monoisotopic (exact) mass is 843 g/mol. The van der Waals surface area contributed by atoms with Crippen LogP contribution in [0.5, 0.6) is 0 Å². The average molecular weight is 844 g/mol. The standard InChI is InChI=1S/C46H54FN11O4/c1-30-32(25-49-44(61)43-53-45(62-54-43)46(2,3)4)6-12-36(40(30)47)41-37-24-39(52-42(37)51-28-50-41)38-13-11-35(26-48-38)57-21-19-55(20-22-57)27-31-14-17-56(18-15-31)33-7-9-34(10-8-33)58(29-60)16-5-23-59/h6-13,23-24,26,28-29,31,45H,5,14-22,25,27H2,1-4H3,(H,49,61)(H,53,54)(H,50,51,52). The molecule has 0 radical (unpaired) electrons. The fourth-order valence-corrected chi connectivity index (χ4v) is 8.36. The van der Waals surface area contributed by atoms with Crippen molar-refractivity contribution in [3.05, 3.63) is 84.1 Å². The van der Waals surface area contributed by atoms with Gasteiger partial charge in [0.25, 0.3) is 5.91 Å². The Morgan fingerprint density at radius 1 is 0.952 bits per heavy atom. The molecule has 3 aliphatic heterocycles. The lowest BCUT2D eigenvalue weighted by molar-refractivity contribution is -0.115. The summed E-state index contributed by atoms with van der Waals surface area (Å²) in [7, 11) is 0. The van der Waals surface area contributed by atoms with Crippen molar-refractivity contribution >= 4 is 52.5 Å². The van der Waals surface area contributed by atoms with Crippen LogP contribution in [-0.2, 0) is 25.8 Å². The van der Waals surface area contributed by atoms with E-state index >= 15 is 4.39 Å². The summed E-state index contributed by atoms with van der Waals surface area (Å²) in [4.78, 5) is 66.4. The maximum absolute atomic E-state index is 16.0. The number of oxime groups is 1. The fourth-order valence-electron chi connectivity index (χ4n) is 8.36. The summed E-state index contributed by atoms with van der Waals surface area (Å²) in [5.41, 5.74) is 6.73. The maximum atomic E-state index is 16.0. The van der Waals surface area contributed by atoms with Crippen LogP contribution in [0.15, 0.2) is 72.3 Å². The van der Waals surface area contributed by atoms with Gasteiger partial charge in [-0.1, -0.05) is 32.0 Å². The van der Waals surface area contributed by atoms with Gasteiger partial charge in [0, 0.05) is 93.1 Å². The number of pyridine rings is 1. The number of H-pyrrole nitrogens is 1. The van der Waals surface area contributed by atoms with Crippen molar-refractivity contribution in [2.24, 2.45) is 16.5 Å². The molecule has 0 aliphatic carbocycles. The number of hydrogen-bond donors (Lipinski definition) is 3. The zero-order chi connectivity index (χ0) is 43.4. The van der Waals surface area contributed by atoms with Gasteiger partial charge >= 0.3 is 0 Å². The first-order valence-corrected chi connectivity index (χ1v) is 21.3. The SMILES string of the molecule is Cc1c(CNC(=O)C2=NOC(C(C)(C)C)N2)ccc(-c2ncnc3[nH]c(-c4ccc(N5CCN(CC6CCN(c7ccc(N(C=O)CCC=O)cc7)CC6)CC5)cn4)cc23)c1F. The van der Waals surface area contributed by atoms with Crippen molar-refractivity contribution in [3.63, 3.8) is 0 Å². The summed E-state index contributed by atoms with van der Waals surface area (Å²) in [6, 6.07) is 17.6. The molecular weight excluding hydrogens is 790 g/mol. The van der Waals surface area contributed by atoms with E-state index in [1.165, 1.54) is 6.33 Å². The van der Waals surface area contributed by atoms with E-state index in [4.69, 9.17) is 9.82 Å². The Labute approximate surface area is 360 Å². The number of rotatable bonds is 14. The topological polar surface area (TPSA) is 164 Å². The summed E-state index contributed by atoms with van der Waals surface area (Å²) in [5.74, 6) is -0.103. The Morgan fingerprint density at radius 3 is 2.37 bits per heavy atom. The smallest absolute Gasteiger partial charge is 0.290 e. The van der Waals surface area contributed by atoms with E-state index in [-0.39, 0.29) is 17.8 Å². The number of amidine groups is 1. The summed E-state index contributed by atoms with van der Waals surface area (Å²) >= 11 is 0. The molecule has 15 nitrogen and oxygen atoms in total. The van der Waals surface area contributed by atoms with Crippen LogP contribution in [-0.4, -0.2) is 108 Å². The Bertz CT molecular complexity index is 2420. The molecule has 324 valence electrons. The number of amides is 2. The van der Waals surface area contributed by atoms with Crippen LogP contribution >= 0.6 is 0 Å². The molecule has 0 bridgehead atoms. The van der Waals surface area contributed by atoms with Crippen LogP contribution in [0.4, 0.5) is 21.5 Å². The number of piperidine rings is 1. The van der Waals surface area contributed by atoms with Gasteiger partial charge in [-0.05, 0) is 85.3 Å². The van der Waals surface area contributed by atoms with Crippen LogP contribution < -0.4 is 25.3 Å². The minimum atomic E-state index is -0.429. The molecule has 62 heavy (non-hydrogen) atoms. The molecule has 8 rings (SSSR count). The second kappa shape index (κ2) is 18.3. The summed E-state index contributed by atoms with van der Waals surface area (Å²) in [6.07, 6.45) is 7.13. The molecule has 1 unspecified atom stereocenters. The van der Waals surface area contributed by atoms with Gasteiger partial charge in [0.05, 0.1) is 29.0 Å². The minimum absolute atomic E-state index is 0.0919. The second-order valence-corrected chi connectivity index (χ2v) is 17.4. The van der Waals surface area contributed by atoms with Crippen molar-refractivity contribution in [3.8, 4) is 22.6 Å². The number of aromatic amines is 1. The van der Waals surface area contributed by atoms with Gasteiger partial charge in [-0.15, -0.1) is 0 Å². The number of nitrogens with zero attached hydrogens (tertiary/aromatic N) is 8. The predicted molar refractivity (Wildman–Crippen MR) is 238 cm³/mol. The predicted octanol–water partition coefficient (Wildman–Crippen LogP) is 5.65. The van der Waals surface area contributed by atoms with Crippen LogP contribution in [0.3, 0.4) is 0 Å². The lowest BCUT2D eigenvalue weighted by atomic mass is 9.94. The first-order chi connectivity index (χ1) is 30.0. The van der Waals surface area contributed by atoms with E-state index < -0.39 is 18.0 Å². The molecular formula is C46H54FN11O4. The number of piperazine rings is 1. The number of carbonyl (C=O) groups excluding carboxylic acids is 3. The molecule has 2 aromatic carbocycles. The number of fused-ring (bicyclic) bond motifs is 1. The highest BCUT2D eigenvalue weighted by molar-refractivity contribution is 6.38. The van der Waals surface area contributed by atoms with Crippen molar-refractivity contribution in [2.75, 3.05) is 67.1 Å².